The van der Waals surface area contributed by atoms with Gasteiger partial charge in [0, 0.05) is 26.8 Å². The summed E-state index contributed by atoms with van der Waals surface area (Å²) in [5, 5.41) is 9.17. The number of carboxylic acids is 1. The zero-order chi connectivity index (χ0) is 13.4. The van der Waals surface area contributed by atoms with Crippen molar-refractivity contribution >= 4 is 11.9 Å². The summed E-state index contributed by atoms with van der Waals surface area (Å²) >= 11 is 0. The van der Waals surface area contributed by atoms with Gasteiger partial charge in [-0.15, -0.1) is 0 Å². The van der Waals surface area contributed by atoms with Crippen molar-refractivity contribution < 1.29 is 19.4 Å². The monoisotopic (exact) mass is 255 g/mol. The van der Waals surface area contributed by atoms with E-state index in [1.165, 1.54) is 0 Å². The van der Waals surface area contributed by atoms with Crippen LogP contribution in [0.5, 0.6) is 0 Å². The van der Waals surface area contributed by atoms with Gasteiger partial charge in [0.1, 0.15) is 0 Å². The molecule has 0 aromatic rings. The van der Waals surface area contributed by atoms with Crippen LogP contribution in [0.15, 0.2) is 0 Å². The summed E-state index contributed by atoms with van der Waals surface area (Å²) < 4.78 is 5.04. The van der Waals surface area contributed by atoms with Crippen LogP contribution in [0, 0.1) is 10.8 Å². The molecular weight excluding hydrogens is 234 g/mol. The molecule has 1 saturated carbocycles. The van der Waals surface area contributed by atoms with Gasteiger partial charge in [0.15, 0.2) is 0 Å². The third kappa shape index (κ3) is 2.23. The molecule has 1 aliphatic heterocycles. The summed E-state index contributed by atoms with van der Waals surface area (Å²) in [6, 6.07) is 0. The van der Waals surface area contributed by atoms with E-state index in [0.717, 1.165) is 19.3 Å². The number of carboxylic acid groups (broad SMARTS) is 1. The molecule has 1 aliphatic carbocycles. The van der Waals surface area contributed by atoms with E-state index < -0.39 is 11.4 Å². The first-order valence-electron chi connectivity index (χ1n) is 6.45. The molecule has 1 heterocycles. The average Bonchev–Trinajstić information content (AvgIpc) is 3.02. The third-order valence-corrected chi connectivity index (χ3v) is 4.37. The number of nitrogens with zero attached hydrogens (tertiary/aromatic N) is 1. The number of hydrogen-bond donors (Lipinski definition) is 1. The van der Waals surface area contributed by atoms with Gasteiger partial charge in [0.2, 0.25) is 5.91 Å². The van der Waals surface area contributed by atoms with Crippen molar-refractivity contribution in [3.8, 4) is 0 Å². The molecule has 2 rings (SSSR count). The second-order valence-corrected chi connectivity index (χ2v) is 5.87. The van der Waals surface area contributed by atoms with Gasteiger partial charge >= 0.3 is 5.97 Å². The molecular formula is C13H21NO4. The van der Waals surface area contributed by atoms with E-state index in [9.17, 15) is 14.7 Å². The SMILES string of the molecule is COCCC1(C(=O)N2CC[C@](C)(C(=O)O)C2)CC1. The van der Waals surface area contributed by atoms with Gasteiger partial charge in [0.25, 0.3) is 0 Å². The molecule has 0 spiro atoms. The lowest BCUT2D eigenvalue weighted by Crippen LogP contribution is -2.39. The van der Waals surface area contributed by atoms with Gasteiger partial charge in [-0.2, -0.15) is 0 Å². The molecule has 5 heteroatoms. The quantitative estimate of drug-likeness (QED) is 0.799. The molecule has 1 atom stereocenters. The fourth-order valence-corrected chi connectivity index (χ4v) is 2.66. The van der Waals surface area contributed by atoms with Gasteiger partial charge in [0.05, 0.1) is 10.8 Å². The molecule has 0 radical (unpaired) electrons. The Kier molecular flexibility index (Phi) is 3.36. The number of ether oxygens (including phenoxy) is 1. The topological polar surface area (TPSA) is 66.8 Å². The first kappa shape index (κ1) is 13.3. The highest BCUT2D eigenvalue weighted by atomic mass is 16.5. The van der Waals surface area contributed by atoms with E-state index in [-0.39, 0.29) is 11.3 Å². The van der Waals surface area contributed by atoms with Crippen LogP contribution in [0.2, 0.25) is 0 Å². The molecule has 102 valence electrons. The molecule has 5 nitrogen and oxygen atoms in total. The number of likely N-dealkylation sites (tertiary alicyclic amines) is 1. The van der Waals surface area contributed by atoms with Crippen LogP contribution in [-0.2, 0) is 14.3 Å². The van der Waals surface area contributed by atoms with Crippen LogP contribution in [0.3, 0.4) is 0 Å². The van der Waals surface area contributed by atoms with Crippen molar-refractivity contribution in [1.29, 1.82) is 0 Å². The fourth-order valence-electron chi connectivity index (χ4n) is 2.66. The molecule has 1 N–H and O–H groups in total. The minimum absolute atomic E-state index is 0.129. The smallest absolute Gasteiger partial charge is 0.311 e. The summed E-state index contributed by atoms with van der Waals surface area (Å²) in [5.74, 6) is -0.677. The largest absolute Gasteiger partial charge is 0.481 e. The first-order chi connectivity index (χ1) is 8.43. The summed E-state index contributed by atoms with van der Waals surface area (Å²) in [6.45, 7) is 3.22. The van der Waals surface area contributed by atoms with Crippen LogP contribution in [0.1, 0.15) is 32.6 Å². The van der Waals surface area contributed by atoms with Gasteiger partial charge in [-0.25, -0.2) is 0 Å². The van der Waals surface area contributed by atoms with E-state index in [2.05, 4.69) is 0 Å². The standard InChI is InChI=1S/C13H21NO4/c1-12(11(16)17)5-7-14(9-12)10(15)13(3-4-13)6-8-18-2/h3-9H2,1-2H3,(H,16,17)/t12-/m0/s1. The van der Waals surface area contributed by atoms with E-state index in [1.807, 2.05) is 0 Å². The maximum Gasteiger partial charge on any atom is 0.311 e. The number of carbonyl (C=O) groups excluding carboxylic acids is 1. The molecule has 0 aromatic heterocycles. The lowest BCUT2D eigenvalue weighted by atomic mass is 9.90. The molecule has 0 bridgehead atoms. The Hall–Kier alpha value is -1.10. The number of methoxy groups -OCH3 is 1. The Bertz CT molecular complexity index is 364. The van der Waals surface area contributed by atoms with Gasteiger partial charge in [-0.3, -0.25) is 9.59 Å². The Morgan fingerprint density at radius 2 is 2.00 bits per heavy atom. The molecule has 1 amide bonds. The third-order valence-electron chi connectivity index (χ3n) is 4.37. The summed E-state index contributed by atoms with van der Waals surface area (Å²) in [7, 11) is 1.64. The van der Waals surface area contributed by atoms with E-state index >= 15 is 0 Å². The average molecular weight is 255 g/mol. The van der Waals surface area contributed by atoms with Gasteiger partial charge in [-0.05, 0) is 32.6 Å². The Morgan fingerprint density at radius 3 is 2.44 bits per heavy atom. The molecule has 1 saturated heterocycles. The molecule has 0 aromatic carbocycles. The van der Waals surface area contributed by atoms with E-state index in [1.54, 1.807) is 18.9 Å². The highest BCUT2D eigenvalue weighted by Gasteiger charge is 2.53. The maximum absolute atomic E-state index is 12.4. The number of amides is 1. The Balaban J connectivity index is 1.98. The van der Waals surface area contributed by atoms with Crippen LogP contribution in [0.25, 0.3) is 0 Å². The van der Waals surface area contributed by atoms with Crippen molar-refractivity contribution in [1.82, 2.24) is 4.90 Å². The van der Waals surface area contributed by atoms with Gasteiger partial charge in [-0.1, -0.05) is 0 Å². The zero-order valence-electron chi connectivity index (χ0n) is 11.1. The van der Waals surface area contributed by atoms with Crippen LogP contribution in [0.4, 0.5) is 0 Å². The summed E-state index contributed by atoms with van der Waals surface area (Å²) in [5.41, 5.74) is -1.02. The molecule has 18 heavy (non-hydrogen) atoms. The maximum atomic E-state index is 12.4. The van der Waals surface area contributed by atoms with Crippen molar-refractivity contribution in [2.24, 2.45) is 10.8 Å². The van der Waals surface area contributed by atoms with Crippen LogP contribution >= 0.6 is 0 Å². The van der Waals surface area contributed by atoms with E-state index in [4.69, 9.17) is 4.74 Å². The summed E-state index contributed by atoms with van der Waals surface area (Å²) in [6.07, 6.45) is 3.13. The Labute approximate surface area is 107 Å². The van der Waals surface area contributed by atoms with Crippen molar-refractivity contribution in [3.63, 3.8) is 0 Å². The lowest BCUT2D eigenvalue weighted by Gasteiger charge is -2.24. The number of rotatable bonds is 5. The highest BCUT2D eigenvalue weighted by Crippen LogP contribution is 2.51. The second-order valence-electron chi connectivity index (χ2n) is 5.87. The van der Waals surface area contributed by atoms with Crippen molar-refractivity contribution in [2.45, 2.75) is 32.6 Å². The molecule has 2 aliphatic rings. The fraction of sp³-hybridized carbons (Fsp3) is 0.846. The van der Waals surface area contributed by atoms with Crippen molar-refractivity contribution in [2.75, 3.05) is 26.8 Å². The van der Waals surface area contributed by atoms with Crippen LogP contribution < -0.4 is 0 Å². The molecule has 2 fully saturated rings. The van der Waals surface area contributed by atoms with Gasteiger partial charge < -0.3 is 14.7 Å². The highest BCUT2D eigenvalue weighted by molar-refractivity contribution is 5.87. The lowest BCUT2D eigenvalue weighted by molar-refractivity contribution is -0.147. The van der Waals surface area contributed by atoms with Crippen LogP contribution in [-0.4, -0.2) is 48.7 Å². The number of aliphatic carboxylic acids is 1. The first-order valence-corrected chi connectivity index (χ1v) is 6.45. The minimum atomic E-state index is -0.806. The molecule has 0 unspecified atom stereocenters. The zero-order valence-corrected chi connectivity index (χ0v) is 11.1. The van der Waals surface area contributed by atoms with E-state index in [0.29, 0.717) is 26.1 Å². The predicted octanol–water partition coefficient (Wildman–Crippen LogP) is 1.13. The summed E-state index contributed by atoms with van der Waals surface area (Å²) in [4.78, 5) is 25.3. The predicted molar refractivity (Wildman–Crippen MR) is 65.1 cm³/mol. The second kappa shape index (κ2) is 4.53. The normalized spacial score (nSPS) is 29.3. The van der Waals surface area contributed by atoms with Crippen molar-refractivity contribution in [3.05, 3.63) is 0 Å². The number of hydrogen-bond acceptors (Lipinski definition) is 3. The number of carbonyl (C=O) groups is 2. The Morgan fingerprint density at radius 1 is 1.33 bits per heavy atom. The minimum Gasteiger partial charge on any atom is -0.481 e.